The summed E-state index contributed by atoms with van der Waals surface area (Å²) in [7, 11) is 1.27. The molecule has 0 aromatic carbocycles. The highest BCUT2D eigenvalue weighted by Gasteiger charge is 2.54. The normalized spacial score (nSPS) is 20.8. The molecule has 0 saturated carbocycles. The van der Waals surface area contributed by atoms with E-state index in [1.807, 2.05) is 6.07 Å². The van der Waals surface area contributed by atoms with Gasteiger partial charge in [0.05, 0.1) is 6.07 Å². The van der Waals surface area contributed by atoms with Gasteiger partial charge < -0.3 is 21.0 Å². The van der Waals surface area contributed by atoms with E-state index in [-0.39, 0.29) is 22.2 Å². The number of hydrogen-bond acceptors (Lipinski definition) is 11. The Morgan fingerprint density at radius 1 is 1.61 bits per heavy atom. The summed E-state index contributed by atoms with van der Waals surface area (Å²) in [4.78, 5) is 47.1. The molecule has 1 fully saturated rings. The minimum Gasteiger partial charge on any atom is -0.477 e. The van der Waals surface area contributed by atoms with Gasteiger partial charge in [-0.3, -0.25) is 14.5 Å². The van der Waals surface area contributed by atoms with Crippen LogP contribution in [0.1, 0.15) is 5.69 Å². The number of carboxylic acid groups (broad SMARTS) is 1. The summed E-state index contributed by atoms with van der Waals surface area (Å²) in [5.74, 6) is -1.74. The molecule has 162 valence electrons. The van der Waals surface area contributed by atoms with Crippen molar-refractivity contribution in [1.29, 1.82) is 5.26 Å². The van der Waals surface area contributed by atoms with Crippen LogP contribution in [0.15, 0.2) is 33.3 Å². The number of carbonyl (C=O) groups is 3. The van der Waals surface area contributed by atoms with Crippen molar-refractivity contribution in [1.82, 2.24) is 15.2 Å². The lowest BCUT2D eigenvalue weighted by atomic mass is 10.0. The zero-order valence-electron chi connectivity index (χ0n) is 16.0. The number of carboxylic acids is 1. The minimum absolute atomic E-state index is 0.0878. The lowest BCUT2D eigenvalue weighted by molar-refractivity contribution is -0.150. The highest BCUT2D eigenvalue weighted by Crippen LogP contribution is 2.41. The summed E-state index contributed by atoms with van der Waals surface area (Å²) in [5.41, 5.74) is 6.15. The molecule has 1 aromatic rings. The molecular formula is C17H16N6O5S3. The van der Waals surface area contributed by atoms with Crippen molar-refractivity contribution < 1.29 is 24.3 Å². The average Bonchev–Trinajstić information content (AvgIpc) is 3.18. The van der Waals surface area contributed by atoms with E-state index >= 15 is 0 Å². The summed E-state index contributed by atoms with van der Waals surface area (Å²) in [6.45, 7) is 0. The van der Waals surface area contributed by atoms with E-state index in [9.17, 15) is 19.5 Å². The quantitative estimate of drug-likeness (QED) is 0.207. The standard InChI is InChI=1S/C17H16N6O5S3/c1-28-22-10(9-7-31-17(19)20-9)13(24)21-11-14(25)23-12(16(26)27)8(6-30-15(11)23)5-29-4-2-3-18/h2,4,7,11,15H,5-6H2,1H3,(H2,19,20)(H,21,24)(H,26,27)/b4-2-,22-10?/t11?,15-/m0/s1. The number of amides is 2. The van der Waals surface area contributed by atoms with Gasteiger partial charge >= 0.3 is 5.97 Å². The third-order valence-electron chi connectivity index (χ3n) is 4.19. The number of aliphatic carboxylic acids is 1. The largest absolute Gasteiger partial charge is 0.477 e. The molecule has 2 amide bonds. The number of β-lactam (4-membered cyclic amide) rings is 1. The Morgan fingerprint density at radius 2 is 2.39 bits per heavy atom. The molecule has 0 radical (unpaired) electrons. The molecule has 4 N–H and O–H groups in total. The van der Waals surface area contributed by atoms with Crippen LogP contribution in [-0.2, 0) is 19.2 Å². The van der Waals surface area contributed by atoms with Crippen LogP contribution in [0.25, 0.3) is 0 Å². The summed E-state index contributed by atoms with van der Waals surface area (Å²) in [6.07, 6.45) is 1.29. The lowest BCUT2D eigenvalue weighted by Gasteiger charge is -2.49. The fraction of sp³-hybridized carbons (Fsp3) is 0.294. The van der Waals surface area contributed by atoms with Crippen LogP contribution in [0.4, 0.5) is 5.13 Å². The minimum atomic E-state index is -1.22. The van der Waals surface area contributed by atoms with E-state index < -0.39 is 29.2 Å². The van der Waals surface area contributed by atoms with Crippen molar-refractivity contribution in [2.75, 3.05) is 24.3 Å². The number of carbonyl (C=O) groups excluding carboxylic acids is 2. The topological polar surface area (TPSA) is 171 Å². The molecule has 1 unspecified atom stereocenters. The Labute approximate surface area is 189 Å². The van der Waals surface area contributed by atoms with Gasteiger partial charge in [-0.15, -0.1) is 34.9 Å². The zero-order chi connectivity index (χ0) is 22.5. The molecule has 0 spiro atoms. The fourth-order valence-corrected chi connectivity index (χ4v) is 5.64. The first-order valence-electron chi connectivity index (χ1n) is 8.58. The zero-order valence-corrected chi connectivity index (χ0v) is 18.4. The van der Waals surface area contributed by atoms with Gasteiger partial charge in [0, 0.05) is 23.0 Å². The maximum Gasteiger partial charge on any atom is 0.352 e. The van der Waals surface area contributed by atoms with E-state index in [0.29, 0.717) is 17.1 Å². The van der Waals surface area contributed by atoms with Crippen molar-refractivity contribution in [3.63, 3.8) is 0 Å². The summed E-state index contributed by atoms with van der Waals surface area (Å²) in [6, 6.07) is 0.937. The highest BCUT2D eigenvalue weighted by atomic mass is 32.2. The van der Waals surface area contributed by atoms with Crippen LogP contribution < -0.4 is 11.1 Å². The van der Waals surface area contributed by atoms with Crippen molar-refractivity contribution >= 4 is 63.5 Å². The van der Waals surface area contributed by atoms with Gasteiger partial charge in [0.1, 0.15) is 29.9 Å². The summed E-state index contributed by atoms with van der Waals surface area (Å²) in [5, 5.41) is 27.2. The Hall–Kier alpha value is -3.02. The maximum atomic E-state index is 12.7. The Morgan fingerprint density at radius 3 is 3.00 bits per heavy atom. The number of nitrogens with zero attached hydrogens (tertiary/aromatic N) is 4. The second kappa shape index (κ2) is 9.86. The smallest absolute Gasteiger partial charge is 0.352 e. The van der Waals surface area contributed by atoms with Crippen LogP contribution in [0.5, 0.6) is 0 Å². The van der Waals surface area contributed by atoms with Gasteiger partial charge in [-0.25, -0.2) is 9.78 Å². The van der Waals surface area contributed by atoms with E-state index in [0.717, 1.165) is 11.3 Å². The number of thioether (sulfide) groups is 2. The number of fused-ring (bicyclic) bond motifs is 1. The molecule has 0 aliphatic carbocycles. The molecule has 2 atom stereocenters. The molecule has 1 saturated heterocycles. The number of nitrogen functional groups attached to an aromatic ring is 1. The van der Waals surface area contributed by atoms with Gasteiger partial charge in [0.15, 0.2) is 10.8 Å². The molecule has 2 aliphatic rings. The number of nitrogens with two attached hydrogens (primary N) is 1. The number of anilines is 1. The van der Waals surface area contributed by atoms with Crippen LogP contribution in [0.3, 0.4) is 0 Å². The highest BCUT2D eigenvalue weighted by molar-refractivity contribution is 8.02. The first kappa shape index (κ1) is 22.7. The Balaban J connectivity index is 1.75. The predicted octanol–water partition coefficient (Wildman–Crippen LogP) is 0.585. The van der Waals surface area contributed by atoms with Crippen molar-refractivity contribution in [3.05, 3.63) is 33.8 Å². The van der Waals surface area contributed by atoms with Crippen LogP contribution in [-0.4, -0.2) is 68.5 Å². The summed E-state index contributed by atoms with van der Waals surface area (Å²) >= 11 is 3.73. The molecule has 0 bridgehead atoms. The lowest BCUT2D eigenvalue weighted by Crippen LogP contribution is -2.71. The maximum absolute atomic E-state index is 12.7. The van der Waals surface area contributed by atoms with Gasteiger partial charge in [0.25, 0.3) is 11.8 Å². The second-order valence-corrected chi connectivity index (χ2v) is 8.94. The van der Waals surface area contributed by atoms with E-state index in [1.165, 1.54) is 47.0 Å². The van der Waals surface area contributed by atoms with Gasteiger partial charge in [-0.2, -0.15) is 5.26 Å². The van der Waals surface area contributed by atoms with Crippen LogP contribution >= 0.6 is 34.9 Å². The van der Waals surface area contributed by atoms with Crippen molar-refractivity contribution in [2.45, 2.75) is 11.4 Å². The van der Waals surface area contributed by atoms with E-state index in [4.69, 9.17) is 15.8 Å². The van der Waals surface area contributed by atoms with E-state index in [1.54, 1.807) is 5.41 Å². The number of rotatable bonds is 8. The number of nitriles is 1. The molecule has 11 nitrogen and oxygen atoms in total. The molecule has 3 rings (SSSR count). The Kier molecular flexibility index (Phi) is 7.21. The molecule has 14 heteroatoms. The Bertz CT molecular complexity index is 1040. The second-order valence-electron chi connectivity index (χ2n) is 6.05. The fourth-order valence-electron chi connectivity index (χ4n) is 2.92. The first-order chi connectivity index (χ1) is 14.9. The van der Waals surface area contributed by atoms with Gasteiger partial charge in [-0.1, -0.05) is 5.16 Å². The third kappa shape index (κ3) is 4.68. The first-order valence-corrected chi connectivity index (χ1v) is 11.6. The number of aromatic nitrogens is 1. The third-order valence-corrected chi connectivity index (χ3v) is 7.05. The number of allylic oxidation sites excluding steroid dienone is 1. The molecular weight excluding hydrogens is 464 g/mol. The van der Waals surface area contributed by atoms with Crippen LogP contribution in [0.2, 0.25) is 0 Å². The number of nitrogens with one attached hydrogen (secondary N) is 1. The monoisotopic (exact) mass is 480 g/mol. The SMILES string of the molecule is CON=C(C(=O)NC1C(=O)N2C(C(=O)O)=C(CS/C=C\C#N)CS[C@@H]12)c1csc(N)n1. The van der Waals surface area contributed by atoms with Crippen molar-refractivity contribution in [3.8, 4) is 6.07 Å². The average molecular weight is 481 g/mol. The summed E-state index contributed by atoms with van der Waals surface area (Å²) < 4.78 is 0. The predicted molar refractivity (Wildman–Crippen MR) is 117 cm³/mol. The number of hydrogen-bond donors (Lipinski definition) is 3. The molecule has 31 heavy (non-hydrogen) atoms. The van der Waals surface area contributed by atoms with Crippen molar-refractivity contribution in [2.24, 2.45) is 5.16 Å². The number of thiazole rings is 1. The van der Waals surface area contributed by atoms with Crippen LogP contribution in [0, 0.1) is 11.3 Å². The van der Waals surface area contributed by atoms with Gasteiger partial charge in [0.2, 0.25) is 0 Å². The molecule has 1 aromatic heterocycles. The van der Waals surface area contributed by atoms with Gasteiger partial charge in [-0.05, 0) is 11.0 Å². The molecule has 2 aliphatic heterocycles. The number of oxime groups is 1. The van der Waals surface area contributed by atoms with E-state index in [2.05, 4.69) is 15.5 Å². The molecule has 3 heterocycles.